The molecule has 0 fully saturated rings. The molecule has 1 atom stereocenters. The number of rotatable bonds is 2. The largest absolute Gasteiger partial charge is 0.417 e. The summed E-state index contributed by atoms with van der Waals surface area (Å²) >= 11 is 5.71. The first kappa shape index (κ1) is 13.8. The van der Waals surface area contributed by atoms with Gasteiger partial charge in [0.1, 0.15) is 6.10 Å². The molecule has 2 rings (SSSR count). The second kappa shape index (κ2) is 5.19. The van der Waals surface area contributed by atoms with Crippen molar-refractivity contribution in [3.05, 3.63) is 64.4 Å². The second-order valence-corrected chi connectivity index (χ2v) is 4.36. The number of aliphatic hydroxyl groups is 1. The Morgan fingerprint density at radius 3 is 2.16 bits per heavy atom. The van der Waals surface area contributed by atoms with Gasteiger partial charge in [-0.25, -0.2) is 0 Å². The molecule has 0 spiro atoms. The molecular weight excluding hydrogens is 279 g/mol. The number of halogens is 4. The van der Waals surface area contributed by atoms with E-state index in [0.717, 1.165) is 12.1 Å². The molecule has 1 N–H and O–H groups in total. The molecule has 2 nitrogen and oxygen atoms in total. The predicted octanol–water partition coefficient (Wildman–Crippen LogP) is 3.84. The van der Waals surface area contributed by atoms with Crippen molar-refractivity contribution >= 4 is 11.6 Å². The van der Waals surface area contributed by atoms with Crippen LogP contribution in [-0.2, 0) is 6.18 Å². The second-order valence-electron chi connectivity index (χ2n) is 3.92. The van der Waals surface area contributed by atoms with E-state index in [0.29, 0.717) is 16.8 Å². The summed E-state index contributed by atoms with van der Waals surface area (Å²) in [5.74, 6) is 0. The quantitative estimate of drug-likeness (QED) is 0.910. The Hall–Kier alpha value is -1.59. The number of aliphatic hydroxyl groups excluding tert-OH is 1. The van der Waals surface area contributed by atoms with Gasteiger partial charge in [0.25, 0.3) is 0 Å². The molecule has 0 radical (unpaired) electrons. The summed E-state index contributed by atoms with van der Waals surface area (Å²) in [7, 11) is 0. The molecule has 2 aromatic rings. The average Bonchev–Trinajstić information content (AvgIpc) is 2.38. The maximum atomic E-state index is 12.4. The molecule has 1 heterocycles. The van der Waals surface area contributed by atoms with Gasteiger partial charge >= 0.3 is 6.18 Å². The molecule has 0 bridgehead atoms. The number of alkyl halides is 3. The molecule has 1 aromatic carbocycles. The third-order valence-corrected chi connectivity index (χ3v) is 2.83. The van der Waals surface area contributed by atoms with Gasteiger partial charge in [-0.1, -0.05) is 23.7 Å². The van der Waals surface area contributed by atoms with Crippen molar-refractivity contribution in [3.8, 4) is 0 Å². The molecule has 6 heteroatoms. The van der Waals surface area contributed by atoms with Crippen LogP contribution in [0.4, 0.5) is 13.2 Å². The molecule has 1 unspecified atom stereocenters. The van der Waals surface area contributed by atoms with Gasteiger partial charge in [-0.15, -0.1) is 0 Å². The fourth-order valence-corrected chi connectivity index (χ4v) is 1.68. The van der Waals surface area contributed by atoms with Crippen LogP contribution in [0, 0.1) is 0 Å². The Morgan fingerprint density at radius 2 is 1.68 bits per heavy atom. The maximum absolute atomic E-state index is 12.4. The summed E-state index contributed by atoms with van der Waals surface area (Å²) < 4.78 is 37.1. The zero-order valence-corrected chi connectivity index (χ0v) is 10.3. The van der Waals surface area contributed by atoms with E-state index in [1.165, 1.54) is 0 Å². The van der Waals surface area contributed by atoms with Gasteiger partial charge < -0.3 is 5.11 Å². The number of hydrogen-bond acceptors (Lipinski definition) is 2. The van der Waals surface area contributed by atoms with Crippen LogP contribution in [0.25, 0.3) is 0 Å². The van der Waals surface area contributed by atoms with Gasteiger partial charge in [-0.3, -0.25) is 4.98 Å². The monoisotopic (exact) mass is 287 g/mol. The van der Waals surface area contributed by atoms with Gasteiger partial charge in [0, 0.05) is 11.2 Å². The Bertz CT molecular complexity index is 552. The number of benzene rings is 1. The van der Waals surface area contributed by atoms with Gasteiger partial charge in [0.2, 0.25) is 0 Å². The number of nitrogens with zero attached hydrogens (tertiary/aromatic N) is 1. The van der Waals surface area contributed by atoms with Crippen molar-refractivity contribution < 1.29 is 18.3 Å². The highest BCUT2D eigenvalue weighted by Gasteiger charge is 2.30. The van der Waals surface area contributed by atoms with Gasteiger partial charge in [0.15, 0.2) is 0 Å². The SMILES string of the molecule is OC(c1ccc(Cl)cc1)c1ccc(C(F)(F)F)cn1. The third kappa shape index (κ3) is 3.24. The predicted molar refractivity (Wildman–Crippen MR) is 64.8 cm³/mol. The minimum atomic E-state index is -4.43. The van der Waals surface area contributed by atoms with Gasteiger partial charge in [-0.05, 0) is 29.8 Å². The normalized spacial score (nSPS) is 13.3. The highest BCUT2D eigenvalue weighted by molar-refractivity contribution is 6.30. The topological polar surface area (TPSA) is 33.1 Å². The number of aromatic nitrogens is 1. The standard InChI is InChI=1S/C13H9ClF3NO/c14-10-4-1-8(2-5-10)12(19)11-6-3-9(7-18-11)13(15,16)17/h1-7,12,19H. The van der Waals surface area contributed by atoms with Crippen LogP contribution in [0.3, 0.4) is 0 Å². The fourth-order valence-electron chi connectivity index (χ4n) is 1.55. The van der Waals surface area contributed by atoms with Crippen molar-refractivity contribution in [1.29, 1.82) is 0 Å². The highest BCUT2D eigenvalue weighted by Crippen LogP contribution is 2.29. The van der Waals surface area contributed by atoms with E-state index in [1.54, 1.807) is 24.3 Å². The van der Waals surface area contributed by atoms with Crippen LogP contribution in [0.1, 0.15) is 22.9 Å². The molecule has 0 aliphatic rings. The van der Waals surface area contributed by atoms with E-state index < -0.39 is 17.8 Å². The summed E-state index contributed by atoms with van der Waals surface area (Å²) in [6, 6.07) is 8.40. The van der Waals surface area contributed by atoms with Crippen LogP contribution in [0.2, 0.25) is 5.02 Å². The molecule has 1 aromatic heterocycles. The lowest BCUT2D eigenvalue weighted by molar-refractivity contribution is -0.137. The average molecular weight is 288 g/mol. The number of pyridine rings is 1. The lowest BCUT2D eigenvalue weighted by Gasteiger charge is -2.12. The van der Waals surface area contributed by atoms with Crippen molar-refractivity contribution in [2.45, 2.75) is 12.3 Å². The summed E-state index contributed by atoms with van der Waals surface area (Å²) in [6.07, 6.45) is -4.81. The van der Waals surface area contributed by atoms with Crippen molar-refractivity contribution in [1.82, 2.24) is 4.98 Å². The lowest BCUT2D eigenvalue weighted by atomic mass is 10.1. The van der Waals surface area contributed by atoms with E-state index in [9.17, 15) is 18.3 Å². The smallest absolute Gasteiger partial charge is 0.382 e. The Kier molecular flexibility index (Phi) is 3.78. The molecule has 0 saturated carbocycles. The van der Waals surface area contributed by atoms with Crippen LogP contribution in [0.15, 0.2) is 42.6 Å². The lowest BCUT2D eigenvalue weighted by Crippen LogP contribution is -2.08. The minimum Gasteiger partial charge on any atom is -0.382 e. The first-order chi connectivity index (χ1) is 8.88. The Morgan fingerprint density at radius 1 is 1.05 bits per heavy atom. The molecule has 0 saturated heterocycles. The number of hydrogen-bond donors (Lipinski definition) is 1. The van der Waals surface area contributed by atoms with Crippen LogP contribution < -0.4 is 0 Å². The van der Waals surface area contributed by atoms with Crippen LogP contribution >= 0.6 is 11.6 Å². The molecule has 0 aliphatic heterocycles. The minimum absolute atomic E-state index is 0.148. The van der Waals surface area contributed by atoms with Gasteiger partial charge in [-0.2, -0.15) is 13.2 Å². The van der Waals surface area contributed by atoms with E-state index in [4.69, 9.17) is 11.6 Å². The van der Waals surface area contributed by atoms with Crippen LogP contribution in [0.5, 0.6) is 0 Å². The summed E-state index contributed by atoms with van der Waals surface area (Å²) in [5.41, 5.74) is -0.188. The fraction of sp³-hybridized carbons (Fsp3) is 0.154. The first-order valence-electron chi connectivity index (χ1n) is 5.34. The van der Waals surface area contributed by atoms with Crippen molar-refractivity contribution in [2.75, 3.05) is 0 Å². The summed E-state index contributed by atoms with van der Waals surface area (Å²) in [4.78, 5) is 3.64. The van der Waals surface area contributed by atoms with Crippen molar-refractivity contribution in [2.24, 2.45) is 0 Å². The molecule has 0 amide bonds. The molecular formula is C13H9ClF3NO. The van der Waals surface area contributed by atoms with E-state index >= 15 is 0 Å². The zero-order valence-electron chi connectivity index (χ0n) is 9.53. The summed E-state index contributed by atoms with van der Waals surface area (Å²) in [5, 5.41) is 10.5. The van der Waals surface area contributed by atoms with Gasteiger partial charge in [0.05, 0.1) is 11.3 Å². The molecule has 100 valence electrons. The van der Waals surface area contributed by atoms with Crippen molar-refractivity contribution in [3.63, 3.8) is 0 Å². The Balaban J connectivity index is 2.25. The van der Waals surface area contributed by atoms with E-state index in [-0.39, 0.29) is 5.69 Å². The highest BCUT2D eigenvalue weighted by atomic mass is 35.5. The van der Waals surface area contributed by atoms with E-state index in [2.05, 4.69) is 4.98 Å². The summed E-state index contributed by atoms with van der Waals surface area (Å²) in [6.45, 7) is 0. The van der Waals surface area contributed by atoms with E-state index in [1.807, 2.05) is 0 Å². The molecule has 0 aliphatic carbocycles. The first-order valence-corrected chi connectivity index (χ1v) is 5.72. The Labute approximate surface area is 112 Å². The zero-order chi connectivity index (χ0) is 14.0. The third-order valence-electron chi connectivity index (χ3n) is 2.58. The molecule has 19 heavy (non-hydrogen) atoms. The maximum Gasteiger partial charge on any atom is 0.417 e. The van der Waals surface area contributed by atoms with Crippen LogP contribution in [-0.4, -0.2) is 10.1 Å².